The molecule has 0 aromatic rings. The number of rotatable bonds is 4. The van der Waals surface area contributed by atoms with Crippen LogP contribution in [0, 0.1) is 11.8 Å². The number of hydrogen-bond donors (Lipinski definition) is 1. The molecule has 21 heavy (non-hydrogen) atoms. The zero-order valence-corrected chi connectivity index (χ0v) is 14.5. The first-order valence-corrected chi connectivity index (χ1v) is 8.63. The molecule has 2 heterocycles. The molecule has 2 aliphatic rings. The van der Waals surface area contributed by atoms with Crippen molar-refractivity contribution in [1.82, 2.24) is 10.2 Å². The van der Waals surface area contributed by atoms with E-state index in [9.17, 15) is 0 Å². The van der Waals surface area contributed by atoms with E-state index in [1.54, 1.807) is 0 Å². The van der Waals surface area contributed by atoms with Crippen LogP contribution in [0.3, 0.4) is 0 Å². The van der Waals surface area contributed by atoms with Crippen LogP contribution in [0.2, 0.25) is 0 Å². The lowest BCUT2D eigenvalue weighted by molar-refractivity contribution is -0.289. The maximum atomic E-state index is 6.40. The predicted octanol–water partition coefficient (Wildman–Crippen LogP) is 2.83. The minimum Gasteiger partial charge on any atom is -0.335 e. The molecule has 3 unspecified atom stereocenters. The molecule has 0 aromatic heterocycles. The number of likely N-dealkylation sites (tertiary alicyclic amines) is 1. The molecular weight excluding hydrogens is 264 g/mol. The van der Waals surface area contributed by atoms with Crippen molar-refractivity contribution in [1.29, 1.82) is 0 Å². The number of nitrogens with zero attached hydrogens (tertiary/aromatic N) is 1. The second-order valence-electron chi connectivity index (χ2n) is 7.90. The fraction of sp³-hybridized carbons (Fsp3) is 1.00. The zero-order chi connectivity index (χ0) is 15.5. The standard InChI is InChI=1S/C17H34N2O2/c1-13-7-10-19(11-8-13)16(21-17(3,4)5)20-15-12-18-9-6-14(15)2/h13-16,18H,6-12H2,1-5H3. The summed E-state index contributed by atoms with van der Waals surface area (Å²) < 4.78 is 12.6. The van der Waals surface area contributed by atoms with Gasteiger partial charge in [-0.1, -0.05) is 13.8 Å². The molecule has 0 bridgehead atoms. The maximum absolute atomic E-state index is 6.40. The highest BCUT2D eigenvalue weighted by Crippen LogP contribution is 2.25. The molecule has 2 saturated heterocycles. The topological polar surface area (TPSA) is 33.7 Å². The van der Waals surface area contributed by atoms with Crippen LogP contribution >= 0.6 is 0 Å². The third-order valence-electron chi connectivity index (χ3n) is 4.62. The van der Waals surface area contributed by atoms with Crippen molar-refractivity contribution in [2.24, 2.45) is 11.8 Å². The Balaban J connectivity index is 1.97. The molecule has 124 valence electrons. The molecule has 3 atom stereocenters. The van der Waals surface area contributed by atoms with Crippen molar-refractivity contribution in [3.8, 4) is 0 Å². The number of hydrogen-bond acceptors (Lipinski definition) is 4. The molecule has 0 aromatic carbocycles. The Kier molecular flexibility index (Phi) is 6.06. The van der Waals surface area contributed by atoms with Crippen molar-refractivity contribution in [3.05, 3.63) is 0 Å². The van der Waals surface area contributed by atoms with Gasteiger partial charge in [0.25, 0.3) is 0 Å². The van der Waals surface area contributed by atoms with Gasteiger partial charge in [0.15, 0.2) is 0 Å². The highest BCUT2D eigenvalue weighted by Gasteiger charge is 2.32. The first-order chi connectivity index (χ1) is 9.85. The quantitative estimate of drug-likeness (QED) is 0.809. The average molecular weight is 298 g/mol. The molecule has 0 aliphatic carbocycles. The molecule has 2 aliphatic heterocycles. The second-order valence-corrected chi connectivity index (χ2v) is 7.90. The van der Waals surface area contributed by atoms with Gasteiger partial charge < -0.3 is 14.8 Å². The molecule has 4 nitrogen and oxygen atoms in total. The Hall–Kier alpha value is -0.160. The third-order valence-corrected chi connectivity index (χ3v) is 4.62. The lowest BCUT2D eigenvalue weighted by Gasteiger charge is -2.42. The Bertz CT molecular complexity index is 308. The normalized spacial score (nSPS) is 31.3. The van der Waals surface area contributed by atoms with Gasteiger partial charge in [-0.2, -0.15) is 0 Å². The van der Waals surface area contributed by atoms with Crippen molar-refractivity contribution >= 4 is 0 Å². The van der Waals surface area contributed by atoms with Crippen molar-refractivity contribution in [2.45, 2.75) is 72.0 Å². The molecule has 1 N–H and O–H groups in total. The van der Waals surface area contributed by atoms with Crippen LogP contribution in [0.1, 0.15) is 53.9 Å². The van der Waals surface area contributed by atoms with Crippen LogP contribution in [0.15, 0.2) is 0 Å². The lowest BCUT2D eigenvalue weighted by atomic mass is 9.97. The molecular formula is C17H34N2O2. The summed E-state index contributed by atoms with van der Waals surface area (Å²) in [5.41, 5.74) is -0.181. The number of ether oxygens (including phenoxy) is 2. The molecule has 0 amide bonds. The van der Waals surface area contributed by atoms with Crippen LogP contribution in [0.25, 0.3) is 0 Å². The van der Waals surface area contributed by atoms with Gasteiger partial charge in [-0.15, -0.1) is 0 Å². The zero-order valence-electron chi connectivity index (χ0n) is 14.5. The monoisotopic (exact) mass is 298 g/mol. The molecule has 4 heteroatoms. The smallest absolute Gasteiger partial charge is 0.219 e. The lowest BCUT2D eigenvalue weighted by Crippen LogP contribution is -2.51. The summed E-state index contributed by atoms with van der Waals surface area (Å²) in [7, 11) is 0. The SMILES string of the molecule is CC1CCN(C(OC2CNCCC2C)OC(C)(C)C)CC1. The van der Waals surface area contributed by atoms with Gasteiger partial charge in [0.2, 0.25) is 6.41 Å². The fourth-order valence-electron chi connectivity index (χ4n) is 3.02. The van der Waals surface area contributed by atoms with Crippen LogP contribution in [-0.4, -0.2) is 49.2 Å². The van der Waals surface area contributed by atoms with Crippen LogP contribution in [0.4, 0.5) is 0 Å². The van der Waals surface area contributed by atoms with E-state index in [0.29, 0.717) is 5.92 Å². The fourth-order valence-corrected chi connectivity index (χ4v) is 3.02. The van der Waals surface area contributed by atoms with Crippen molar-refractivity contribution in [3.63, 3.8) is 0 Å². The summed E-state index contributed by atoms with van der Waals surface area (Å²) >= 11 is 0. The number of piperidine rings is 2. The van der Waals surface area contributed by atoms with Gasteiger partial charge in [-0.05, 0) is 58.4 Å². The Morgan fingerprint density at radius 2 is 1.76 bits per heavy atom. The van der Waals surface area contributed by atoms with Gasteiger partial charge in [-0.25, -0.2) is 0 Å². The van der Waals surface area contributed by atoms with Gasteiger partial charge in [0.05, 0.1) is 11.7 Å². The highest BCUT2D eigenvalue weighted by molar-refractivity contribution is 4.78. The first kappa shape index (κ1) is 17.2. The van der Waals surface area contributed by atoms with Gasteiger partial charge >= 0.3 is 0 Å². The van der Waals surface area contributed by atoms with Crippen LogP contribution < -0.4 is 5.32 Å². The van der Waals surface area contributed by atoms with E-state index >= 15 is 0 Å². The largest absolute Gasteiger partial charge is 0.335 e. The molecule has 2 rings (SSSR count). The third kappa shape index (κ3) is 5.51. The van der Waals surface area contributed by atoms with Gasteiger partial charge in [-0.3, -0.25) is 4.90 Å². The highest BCUT2D eigenvalue weighted by atomic mass is 16.7. The van der Waals surface area contributed by atoms with Crippen LogP contribution in [0.5, 0.6) is 0 Å². The summed E-state index contributed by atoms with van der Waals surface area (Å²) in [6, 6.07) is 0. The summed E-state index contributed by atoms with van der Waals surface area (Å²) in [4.78, 5) is 2.38. The molecule has 2 fully saturated rings. The van der Waals surface area contributed by atoms with Crippen LogP contribution in [-0.2, 0) is 9.47 Å². The van der Waals surface area contributed by atoms with E-state index in [1.807, 2.05) is 0 Å². The second kappa shape index (κ2) is 7.40. The molecule has 0 spiro atoms. The Morgan fingerprint density at radius 1 is 1.10 bits per heavy atom. The van der Waals surface area contributed by atoms with E-state index in [1.165, 1.54) is 19.3 Å². The summed E-state index contributed by atoms with van der Waals surface area (Å²) in [5, 5.41) is 3.44. The van der Waals surface area contributed by atoms with E-state index in [0.717, 1.165) is 32.1 Å². The molecule has 0 radical (unpaired) electrons. The van der Waals surface area contributed by atoms with Crippen molar-refractivity contribution < 1.29 is 9.47 Å². The minimum absolute atomic E-state index is 0.181. The van der Waals surface area contributed by atoms with E-state index in [-0.39, 0.29) is 18.1 Å². The van der Waals surface area contributed by atoms with E-state index < -0.39 is 0 Å². The first-order valence-electron chi connectivity index (χ1n) is 8.63. The van der Waals surface area contributed by atoms with Gasteiger partial charge in [0, 0.05) is 19.6 Å². The van der Waals surface area contributed by atoms with Crippen molar-refractivity contribution in [2.75, 3.05) is 26.2 Å². The summed E-state index contributed by atoms with van der Waals surface area (Å²) in [5.74, 6) is 1.42. The number of nitrogens with one attached hydrogen (secondary N) is 1. The minimum atomic E-state index is -0.204. The Labute approximate surface area is 130 Å². The van der Waals surface area contributed by atoms with Gasteiger partial charge in [0.1, 0.15) is 0 Å². The summed E-state index contributed by atoms with van der Waals surface area (Å²) in [6.07, 6.45) is 3.72. The predicted molar refractivity (Wildman–Crippen MR) is 86.1 cm³/mol. The van der Waals surface area contributed by atoms with E-state index in [4.69, 9.17) is 9.47 Å². The average Bonchev–Trinajstić information content (AvgIpc) is 2.40. The Morgan fingerprint density at radius 3 is 2.33 bits per heavy atom. The summed E-state index contributed by atoms with van der Waals surface area (Å²) in [6.45, 7) is 15.2. The maximum Gasteiger partial charge on any atom is 0.219 e. The van der Waals surface area contributed by atoms with E-state index in [2.05, 4.69) is 44.8 Å². The molecule has 0 saturated carbocycles.